The predicted octanol–water partition coefficient (Wildman–Crippen LogP) is 1.71. The standard InChI is InChI=1S/C10H12F3N3O3S/c1-3-19-7-6(17)16(9(18)15(7)2)8-14-4-5(20-8)10(11,12)13/h4,6-7,17H,3H2,1-2H3/t6?,7-/m0/s1. The number of hydrogen-bond donors (Lipinski definition) is 1. The van der Waals surface area contributed by atoms with Crippen LogP contribution in [0.5, 0.6) is 0 Å². The lowest BCUT2D eigenvalue weighted by Gasteiger charge is -2.20. The second-order valence-electron chi connectivity index (χ2n) is 4.03. The van der Waals surface area contributed by atoms with Crippen molar-refractivity contribution in [3.05, 3.63) is 11.1 Å². The zero-order valence-electron chi connectivity index (χ0n) is 10.6. The van der Waals surface area contributed by atoms with Crippen molar-refractivity contribution < 1.29 is 27.8 Å². The molecule has 0 spiro atoms. The first-order valence-electron chi connectivity index (χ1n) is 5.66. The van der Waals surface area contributed by atoms with Gasteiger partial charge in [-0.2, -0.15) is 13.2 Å². The van der Waals surface area contributed by atoms with Crippen molar-refractivity contribution in [1.29, 1.82) is 0 Å². The quantitative estimate of drug-likeness (QED) is 0.923. The number of alkyl halides is 3. The first kappa shape index (κ1) is 15.0. The van der Waals surface area contributed by atoms with Gasteiger partial charge in [-0.3, -0.25) is 4.90 Å². The highest BCUT2D eigenvalue weighted by molar-refractivity contribution is 7.15. The summed E-state index contributed by atoms with van der Waals surface area (Å²) in [5.74, 6) is 0. The van der Waals surface area contributed by atoms with Crippen molar-refractivity contribution in [2.45, 2.75) is 25.6 Å². The maximum absolute atomic E-state index is 12.5. The Morgan fingerprint density at radius 2 is 2.20 bits per heavy atom. The number of rotatable bonds is 3. The van der Waals surface area contributed by atoms with Crippen LogP contribution in [0.15, 0.2) is 6.20 Å². The van der Waals surface area contributed by atoms with Gasteiger partial charge in [-0.25, -0.2) is 14.7 Å². The Bertz CT molecular complexity index is 507. The van der Waals surface area contributed by atoms with Gasteiger partial charge in [0.1, 0.15) is 4.88 Å². The van der Waals surface area contributed by atoms with Gasteiger partial charge in [0.15, 0.2) is 17.6 Å². The van der Waals surface area contributed by atoms with Crippen LogP contribution in [0.2, 0.25) is 0 Å². The SMILES string of the molecule is CCO[C@H]1C(O)N(c2ncc(C(F)(F)F)s2)C(=O)N1C. The summed E-state index contributed by atoms with van der Waals surface area (Å²) in [6.07, 6.45) is -6.24. The van der Waals surface area contributed by atoms with Crippen LogP contribution in [-0.4, -0.2) is 47.1 Å². The van der Waals surface area contributed by atoms with Gasteiger partial charge in [-0.1, -0.05) is 11.3 Å². The Kier molecular flexibility index (Phi) is 3.89. The third kappa shape index (κ3) is 2.45. The van der Waals surface area contributed by atoms with Gasteiger partial charge in [0.05, 0.1) is 6.20 Å². The molecule has 1 aromatic heterocycles. The fourth-order valence-electron chi connectivity index (χ4n) is 1.79. The van der Waals surface area contributed by atoms with Gasteiger partial charge in [0.2, 0.25) is 0 Å². The number of ether oxygens (including phenoxy) is 1. The van der Waals surface area contributed by atoms with Gasteiger partial charge in [-0.05, 0) is 6.92 Å². The molecule has 2 rings (SSSR count). The highest BCUT2D eigenvalue weighted by Crippen LogP contribution is 2.38. The van der Waals surface area contributed by atoms with Crippen molar-refractivity contribution in [3.63, 3.8) is 0 Å². The van der Waals surface area contributed by atoms with E-state index in [4.69, 9.17) is 4.74 Å². The third-order valence-electron chi connectivity index (χ3n) is 2.73. The molecule has 0 aromatic carbocycles. The molecule has 2 amide bonds. The molecule has 1 aromatic rings. The first-order chi connectivity index (χ1) is 9.27. The van der Waals surface area contributed by atoms with E-state index in [2.05, 4.69) is 4.98 Å². The third-order valence-corrected chi connectivity index (χ3v) is 3.77. The number of urea groups is 1. The summed E-state index contributed by atoms with van der Waals surface area (Å²) in [4.78, 5) is 16.5. The molecule has 2 atom stereocenters. The molecule has 1 aliphatic rings. The first-order valence-corrected chi connectivity index (χ1v) is 6.47. The van der Waals surface area contributed by atoms with Crippen LogP contribution in [0.1, 0.15) is 11.8 Å². The summed E-state index contributed by atoms with van der Waals surface area (Å²) in [6.45, 7) is 1.93. The van der Waals surface area contributed by atoms with Gasteiger partial charge in [0, 0.05) is 13.7 Å². The fraction of sp³-hybridized carbons (Fsp3) is 0.600. The molecule has 1 N–H and O–H groups in total. The van der Waals surface area contributed by atoms with E-state index in [1.165, 1.54) is 7.05 Å². The monoisotopic (exact) mass is 311 g/mol. The lowest BCUT2D eigenvalue weighted by Crippen LogP contribution is -2.38. The van der Waals surface area contributed by atoms with Gasteiger partial charge in [-0.15, -0.1) is 0 Å². The van der Waals surface area contributed by atoms with Crippen LogP contribution in [0.3, 0.4) is 0 Å². The maximum Gasteiger partial charge on any atom is 0.427 e. The molecule has 2 heterocycles. The summed E-state index contributed by atoms with van der Waals surface area (Å²) < 4.78 is 42.8. The number of aliphatic hydroxyl groups excluding tert-OH is 1. The van der Waals surface area contributed by atoms with Crippen LogP contribution in [0.25, 0.3) is 0 Å². The van der Waals surface area contributed by atoms with Crippen molar-refractivity contribution in [2.24, 2.45) is 0 Å². The molecule has 0 aliphatic carbocycles. The number of likely N-dealkylation sites (N-methyl/N-ethyl adjacent to an activating group) is 1. The summed E-state index contributed by atoms with van der Waals surface area (Å²) in [6, 6.07) is -0.668. The topological polar surface area (TPSA) is 65.9 Å². The average molecular weight is 311 g/mol. The molecule has 0 saturated carbocycles. The number of hydrogen-bond acceptors (Lipinski definition) is 5. The molecule has 0 bridgehead atoms. The fourth-order valence-corrected chi connectivity index (χ4v) is 2.60. The zero-order valence-corrected chi connectivity index (χ0v) is 11.4. The van der Waals surface area contributed by atoms with Crippen LogP contribution in [0.4, 0.5) is 23.1 Å². The lowest BCUT2D eigenvalue weighted by atomic mass is 10.5. The van der Waals surface area contributed by atoms with E-state index >= 15 is 0 Å². The number of amides is 2. The number of thiazole rings is 1. The summed E-state index contributed by atoms with van der Waals surface area (Å²) in [7, 11) is 1.39. The highest BCUT2D eigenvalue weighted by Gasteiger charge is 2.46. The summed E-state index contributed by atoms with van der Waals surface area (Å²) >= 11 is 0.294. The Morgan fingerprint density at radius 1 is 1.55 bits per heavy atom. The minimum Gasteiger partial charge on any atom is -0.369 e. The number of halogens is 3. The van der Waals surface area contributed by atoms with Gasteiger partial charge in [0.25, 0.3) is 0 Å². The Balaban J connectivity index is 2.28. The van der Waals surface area contributed by atoms with Crippen molar-refractivity contribution in [1.82, 2.24) is 9.88 Å². The Hall–Kier alpha value is -1.39. The van der Waals surface area contributed by atoms with Crippen LogP contribution in [0, 0.1) is 0 Å². The van der Waals surface area contributed by atoms with E-state index in [1.54, 1.807) is 6.92 Å². The molecule has 1 saturated heterocycles. The van der Waals surface area contributed by atoms with Crippen molar-refractivity contribution >= 4 is 22.5 Å². The molecule has 6 nitrogen and oxygen atoms in total. The number of aliphatic hydroxyl groups is 1. The second kappa shape index (κ2) is 5.19. The van der Waals surface area contributed by atoms with Gasteiger partial charge < -0.3 is 9.84 Å². The minimum absolute atomic E-state index is 0.219. The predicted molar refractivity (Wildman–Crippen MR) is 64.2 cm³/mol. The Labute approximate surface area is 116 Å². The molecule has 112 valence electrons. The molecule has 1 aliphatic heterocycles. The van der Waals surface area contributed by atoms with Crippen molar-refractivity contribution in [3.8, 4) is 0 Å². The number of aromatic nitrogens is 1. The van der Waals surface area contributed by atoms with E-state index in [-0.39, 0.29) is 11.7 Å². The molecular formula is C10H12F3N3O3S. The highest BCUT2D eigenvalue weighted by atomic mass is 32.1. The van der Waals surface area contributed by atoms with E-state index in [0.29, 0.717) is 17.5 Å². The number of anilines is 1. The molecule has 10 heteroatoms. The molecule has 1 fully saturated rings. The van der Waals surface area contributed by atoms with E-state index < -0.39 is 29.5 Å². The number of nitrogens with zero attached hydrogens (tertiary/aromatic N) is 3. The average Bonchev–Trinajstić information content (AvgIpc) is 2.90. The minimum atomic E-state index is -4.53. The smallest absolute Gasteiger partial charge is 0.369 e. The number of carbonyl (C=O) groups is 1. The molecule has 20 heavy (non-hydrogen) atoms. The van der Waals surface area contributed by atoms with Gasteiger partial charge >= 0.3 is 12.2 Å². The van der Waals surface area contributed by atoms with Crippen LogP contribution >= 0.6 is 11.3 Å². The lowest BCUT2D eigenvalue weighted by molar-refractivity contribution is -0.134. The number of carbonyl (C=O) groups excluding carboxylic acids is 1. The molecule has 0 radical (unpaired) electrons. The normalized spacial score (nSPS) is 23.8. The second-order valence-corrected chi connectivity index (χ2v) is 5.04. The maximum atomic E-state index is 12.5. The molecular weight excluding hydrogens is 299 g/mol. The molecule has 1 unspecified atom stereocenters. The van der Waals surface area contributed by atoms with Crippen LogP contribution < -0.4 is 4.90 Å². The van der Waals surface area contributed by atoms with Crippen LogP contribution in [-0.2, 0) is 10.9 Å². The largest absolute Gasteiger partial charge is 0.427 e. The zero-order chi connectivity index (χ0) is 15.1. The summed E-state index contributed by atoms with van der Waals surface area (Å²) in [5, 5.41) is 9.79. The van der Waals surface area contributed by atoms with Crippen molar-refractivity contribution in [2.75, 3.05) is 18.6 Å². The van der Waals surface area contributed by atoms with E-state index in [9.17, 15) is 23.1 Å². The van der Waals surface area contributed by atoms with E-state index in [0.717, 1.165) is 9.80 Å². The summed E-state index contributed by atoms with van der Waals surface area (Å²) in [5.41, 5.74) is 0. The Morgan fingerprint density at radius 3 is 2.70 bits per heavy atom. The van der Waals surface area contributed by atoms with E-state index in [1.807, 2.05) is 0 Å².